The molecule has 2 heteroatoms. The Kier molecular flexibility index (Phi) is 16.1. The third-order valence-corrected chi connectivity index (χ3v) is 10.5. The van der Waals surface area contributed by atoms with Crippen molar-refractivity contribution in [1.82, 2.24) is 0 Å². The molecule has 0 radical (unpaired) electrons. The lowest BCUT2D eigenvalue weighted by Gasteiger charge is -2.40. The fourth-order valence-corrected chi connectivity index (χ4v) is 8.01. The van der Waals surface area contributed by atoms with Crippen molar-refractivity contribution < 1.29 is 0 Å². The van der Waals surface area contributed by atoms with Gasteiger partial charge in [0.2, 0.25) is 0 Å². The Hall–Kier alpha value is -0.0800. The van der Waals surface area contributed by atoms with Gasteiger partial charge in [-0.05, 0) is 54.8 Å². The maximum Gasteiger partial charge on any atom is 0.0187 e. The smallest absolute Gasteiger partial charge is 0.0187 e. The van der Waals surface area contributed by atoms with Gasteiger partial charge in [0, 0.05) is 16.3 Å². The molecule has 2 saturated carbocycles. The summed E-state index contributed by atoms with van der Waals surface area (Å²) in [4.78, 5) is 0. The Morgan fingerprint density at radius 1 is 0.706 bits per heavy atom. The molecule has 2 aliphatic rings. The van der Waals surface area contributed by atoms with E-state index in [1.807, 2.05) is 0 Å². The Morgan fingerprint density at radius 3 is 1.88 bits per heavy atom. The molecule has 1 aromatic carbocycles. The topological polar surface area (TPSA) is 0 Å². The molecule has 2 fully saturated rings. The summed E-state index contributed by atoms with van der Waals surface area (Å²) in [6.07, 6.45) is 23.3. The average Bonchev–Trinajstić information content (AvgIpc) is 3.67. The van der Waals surface area contributed by atoms with E-state index < -0.39 is 0 Å². The minimum absolute atomic E-state index is 0.510. The van der Waals surface area contributed by atoms with Crippen molar-refractivity contribution in [2.45, 2.75) is 147 Å². The molecule has 0 amide bonds. The normalized spacial score (nSPS) is 20.6. The summed E-state index contributed by atoms with van der Waals surface area (Å²) in [5, 5.41) is 1.93. The van der Waals surface area contributed by atoms with E-state index in [0.717, 1.165) is 16.4 Å². The third-order valence-electron chi connectivity index (χ3n) is 7.50. The van der Waals surface area contributed by atoms with Crippen molar-refractivity contribution in [3.05, 3.63) is 35.9 Å². The van der Waals surface area contributed by atoms with Crippen LogP contribution in [0.2, 0.25) is 0 Å². The Balaban J connectivity index is 0.000000305. The van der Waals surface area contributed by atoms with Crippen molar-refractivity contribution in [2.75, 3.05) is 5.75 Å². The molecule has 2 unspecified atom stereocenters. The van der Waals surface area contributed by atoms with Gasteiger partial charge in [0.15, 0.2) is 0 Å². The quantitative estimate of drug-likeness (QED) is 0.218. The van der Waals surface area contributed by atoms with E-state index in [-0.39, 0.29) is 0 Å². The predicted molar refractivity (Wildman–Crippen MR) is 160 cm³/mol. The largest absolute Gasteiger partial charge is 0.158 e. The van der Waals surface area contributed by atoms with E-state index in [1.54, 1.807) is 0 Å². The van der Waals surface area contributed by atoms with Gasteiger partial charge in [-0.25, -0.2) is 0 Å². The molecule has 2 aliphatic carbocycles. The highest BCUT2D eigenvalue weighted by atomic mass is 32.2. The van der Waals surface area contributed by atoms with Gasteiger partial charge in [0.25, 0.3) is 0 Å². The lowest BCUT2D eigenvalue weighted by Crippen LogP contribution is -2.33. The van der Waals surface area contributed by atoms with E-state index in [2.05, 4.69) is 81.6 Å². The molecule has 0 N–H and O–H groups in total. The lowest BCUT2D eigenvalue weighted by atomic mass is 9.72. The standard InChI is InChI=1S/C22H44S.C10H12S/c1-5-6-7-8-9-10-11-12-13-16-19-23-21-18-15-14-17-20(21)22(2,3)4;1-2-4-9(5-3-1)8-11-10-6-7-10/h20-21H,5-19H2,1-4H3;1-5,10H,6-8H2. The summed E-state index contributed by atoms with van der Waals surface area (Å²) >= 11 is 4.41. The summed E-state index contributed by atoms with van der Waals surface area (Å²) in [6, 6.07) is 10.7. The zero-order chi connectivity index (χ0) is 24.5. The van der Waals surface area contributed by atoms with E-state index in [1.165, 1.54) is 120 Å². The summed E-state index contributed by atoms with van der Waals surface area (Å²) in [6.45, 7) is 9.67. The van der Waals surface area contributed by atoms with Gasteiger partial charge in [0.05, 0.1) is 0 Å². The molecule has 0 heterocycles. The highest BCUT2D eigenvalue weighted by Gasteiger charge is 2.33. The molecule has 2 atom stereocenters. The lowest BCUT2D eigenvalue weighted by molar-refractivity contribution is 0.187. The Labute approximate surface area is 222 Å². The first-order valence-electron chi connectivity index (χ1n) is 14.8. The number of hydrogen-bond donors (Lipinski definition) is 0. The second kappa shape index (κ2) is 18.2. The van der Waals surface area contributed by atoms with Gasteiger partial charge in [-0.3, -0.25) is 0 Å². The fraction of sp³-hybridized carbons (Fsp3) is 0.812. The molecule has 3 rings (SSSR count). The highest BCUT2D eigenvalue weighted by molar-refractivity contribution is 8.00. The zero-order valence-corrected chi connectivity index (χ0v) is 24.8. The average molecular weight is 505 g/mol. The first-order valence-corrected chi connectivity index (χ1v) is 16.9. The van der Waals surface area contributed by atoms with Crippen LogP contribution in [0.15, 0.2) is 30.3 Å². The van der Waals surface area contributed by atoms with Gasteiger partial charge in [-0.1, -0.05) is 129 Å². The molecular formula is C32H56S2. The van der Waals surface area contributed by atoms with Crippen molar-refractivity contribution in [3.8, 4) is 0 Å². The summed E-state index contributed by atoms with van der Waals surface area (Å²) < 4.78 is 0. The molecular weight excluding hydrogens is 448 g/mol. The summed E-state index contributed by atoms with van der Waals surface area (Å²) in [5.41, 5.74) is 1.97. The number of thioether (sulfide) groups is 2. The Morgan fingerprint density at radius 2 is 1.29 bits per heavy atom. The van der Waals surface area contributed by atoms with Crippen molar-refractivity contribution in [1.29, 1.82) is 0 Å². The Bertz CT molecular complexity index is 587. The molecule has 34 heavy (non-hydrogen) atoms. The van der Waals surface area contributed by atoms with Crippen molar-refractivity contribution in [3.63, 3.8) is 0 Å². The second-order valence-corrected chi connectivity index (χ2v) is 14.5. The van der Waals surface area contributed by atoms with Crippen molar-refractivity contribution in [2.24, 2.45) is 11.3 Å². The molecule has 0 aromatic heterocycles. The number of benzene rings is 1. The maximum absolute atomic E-state index is 2.46. The van der Waals surface area contributed by atoms with Gasteiger partial charge in [-0.15, -0.1) is 0 Å². The minimum Gasteiger partial charge on any atom is -0.158 e. The molecule has 0 nitrogen and oxygen atoms in total. The molecule has 196 valence electrons. The molecule has 0 aliphatic heterocycles. The van der Waals surface area contributed by atoms with E-state index >= 15 is 0 Å². The molecule has 0 spiro atoms. The maximum atomic E-state index is 2.46. The van der Waals surface area contributed by atoms with Crippen LogP contribution in [0.3, 0.4) is 0 Å². The van der Waals surface area contributed by atoms with Crippen LogP contribution in [-0.2, 0) is 5.75 Å². The van der Waals surface area contributed by atoms with Crippen LogP contribution in [0, 0.1) is 11.3 Å². The molecule has 0 saturated heterocycles. The molecule has 1 aromatic rings. The summed E-state index contributed by atoms with van der Waals surface area (Å²) in [5.74, 6) is 3.56. The SMILES string of the molecule is CCCCCCCCCCCCSC1CCCCC1C(C)(C)C.c1ccc(CSC2CC2)cc1. The second-order valence-electron chi connectivity index (χ2n) is 11.8. The van der Waals surface area contributed by atoms with Crippen LogP contribution in [0.25, 0.3) is 0 Å². The van der Waals surface area contributed by atoms with Gasteiger partial charge >= 0.3 is 0 Å². The van der Waals surface area contributed by atoms with Gasteiger partial charge in [0.1, 0.15) is 0 Å². The minimum atomic E-state index is 0.510. The predicted octanol–water partition coefficient (Wildman–Crippen LogP) is 11.3. The number of hydrogen-bond acceptors (Lipinski definition) is 2. The van der Waals surface area contributed by atoms with E-state index in [4.69, 9.17) is 0 Å². The first kappa shape index (κ1) is 30.1. The molecule has 0 bridgehead atoms. The van der Waals surface area contributed by atoms with E-state index in [9.17, 15) is 0 Å². The van der Waals surface area contributed by atoms with Gasteiger partial charge < -0.3 is 0 Å². The number of rotatable bonds is 15. The fourth-order valence-electron chi connectivity index (χ4n) is 5.13. The third kappa shape index (κ3) is 14.5. The van der Waals surface area contributed by atoms with Crippen LogP contribution < -0.4 is 0 Å². The van der Waals surface area contributed by atoms with Crippen LogP contribution in [0.5, 0.6) is 0 Å². The summed E-state index contributed by atoms with van der Waals surface area (Å²) in [7, 11) is 0. The van der Waals surface area contributed by atoms with Crippen LogP contribution >= 0.6 is 23.5 Å². The zero-order valence-electron chi connectivity index (χ0n) is 23.2. The van der Waals surface area contributed by atoms with Crippen LogP contribution in [0.1, 0.15) is 136 Å². The van der Waals surface area contributed by atoms with Gasteiger partial charge in [-0.2, -0.15) is 23.5 Å². The number of unbranched alkanes of at least 4 members (excludes halogenated alkanes) is 9. The van der Waals surface area contributed by atoms with E-state index in [0.29, 0.717) is 5.41 Å². The van der Waals surface area contributed by atoms with Crippen molar-refractivity contribution >= 4 is 23.5 Å². The van der Waals surface area contributed by atoms with Crippen LogP contribution in [-0.4, -0.2) is 16.3 Å². The first-order chi connectivity index (χ1) is 16.5. The van der Waals surface area contributed by atoms with Crippen LogP contribution in [0.4, 0.5) is 0 Å². The highest BCUT2D eigenvalue weighted by Crippen LogP contribution is 2.43. The monoisotopic (exact) mass is 504 g/mol.